The van der Waals surface area contributed by atoms with Crippen molar-refractivity contribution in [3.8, 4) is 0 Å². The summed E-state index contributed by atoms with van der Waals surface area (Å²) in [7, 11) is 0. The second-order valence-corrected chi connectivity index (χ2v) is 6.16. The summed E-state index contributed by atoms with van der Waals surface area (Å²) in [6, 6.07) is 7.90. The van der Waals surface area contributed by atoms with E-state index in [0.29, 0.717) is 25.3 Å². The van der Waals surface area contributed by atoms with Crippen molar-refractivity contribution < 1.29 is 9.59 Å². The number of rotatable bonds is 5. The van der Waals surface area contributed by atoms with E-state index in [1.807, 2.05) is 29.2 Å². The van der Waals surface area contributed by atoms with Crippen molar-refractivity contribution in [2.75, 3.05) is 24.5 Å². The van der Waals surface area contributed by atoms with Gasteiger partial charge in [0, 0.05) is 31.6 Å². The van der Waals surface area contributed by atoms with E-state index < -0.39 is 0 Å². The quantitative estimate of drug-likeness (QED) is 0.862. The zero-order chi connectivity index (χ0) is 15.4. The van der Waals surface area contributed by atoms with Gasteiger partial charge >= 0.3 is 0 Å². The van der Waals surface area contributed by atoms with Crippen LogP contribution < -0.4 is 15.5 Å². The van der Waals surface area contributed by atoms with Crippen molar-refractivity contribution in [3.63, 3.8) is 0 Å². The number of amides is 2. The first-order valence-electron chi connectivity index (χ1n) is 8.09. The van der Waals surface area contributed by atoms with Gasteiger partial charge < -0.3 is 15.5 Å². The summed E-state index contributed by atoms with van der Waals surface area (Å²) >= 11 is 0. The van der Waals surface area contributed by atoms with Gasteiger partial charge in [-0.05, 0) is 49.5 Å². The molecule has 2 aliphatic heterocycles. The molecule has 2 N–H and O–H groups in total. The topological polar surface area (TPSA) is 61.4 Å². The molecule has 1 aromatic rings. The molecular formula is C17H24ClN3O2. The molecule has 0 bridgehead atoms. The third kappa shape index (κ3) is 4.69. The average Bonchev–Trinajstić information content (AvgIpc) is 3.17. The zero-order valence-electron chi connectivity index (χ0n) is 13.2. The molecule has 3 rings (SSSR count). The molecule has 0 saturated carbocycles. The SMILES string of the molecule is Cl.O=C(CC1CCNC1)NCc1ccc(N2CCCC2=O)cc1. The first-order chi connectivity index (χ1) is 10.7. The van der Waals surface area contributed by atoms with Crippen molar-refractivity contribution in [2.24, 2.45) is 5.92 Å². The highest BCUT2D eigenvalue weighted by Crippen LogP contribution is 2.21. The van der Waals surface area contributed by atoms with E-state index in [1.165, 1.54) is 0 Å². The third-order valence-electron chi connectivity index (χ3n) is 4.45. The molecule has 5 nitrogen and oxygen atoms in total. The normalized spacial score (nSPS) is 20.4. The van der Waals surface area contributed by atoms with Gasteiger partial charge in [0.1, 0.15) is 0 Å². The fourth-order valence-electron chi connectivity index (χ4n) is 3.14. The van der Waals surface area contributed by atoms with Crippen LogP contribution in [0.3, 0.4) is 0 Å². The molecule has 0 aromatic heterocycles. The lowest BCUT2D eigenvalue weighted by molar-refractivity contribution is -0.122. The molecule has 2 saturated heterocycles. The first kappa shape index (κ1) is 17.8. The lowest BCUT2D eigenvalue weighted by Crippen LogP contribution is -2.26. The Morgan fingerprint density at radius 3 is 2.70 bits per heavy atom. The minimum atomic E-state index is 0. The lowest BCUT2D eigenvalue weighted by Gasteiger charge is -2.16. The number of nitrogens with one attached hydrogen (secondary N) is 2. The van der Waals surface area contributed by atoms with Gasteiger partial charge in [-0.2, -0.15) is 0 Å². The number of anilines is 1. The van der Waals surface area contributed by atoms with Crippen molar-refractivity contribution >= 4 is 29.9 Å². The number of halogens is 1. The Morgan fingerprint density at radius 2 is 2.09 bits per heavy atom. The Morgan fingerprint density at radius 1 is 1.30 bits per heavy atom. The maximum absolute atomic E-state index is 11.9. The molecule has 1 aromatic carbocycles. The Bertz CT molecular complexity index is 541. The number of hydrogen-bond donors (Lipinski definition) is 2. The van der Waals surface area contributed by atoms with E-state index in [1.54, 1.807) is 0 Å². The second kappa shape index (κ2) is 8.31. The number of carbonyl (C=O) groups is 2. The summed E-state index contributed by atoms with van der Waals surface area (Å²) in [6.07, 6.45) is 3.28. The highest BCUT2D eigenvalue weighted by atomic mass is 35.5. The largest absolute Gasteiger partial charge is 0.352 e. The summed E-state index contributed by atoms with van der Waals surface area (Å²) in [5.74, 6) is 0.794. The number of carbonyl (C=O) groups excluding carboxylic acids is 2. The molecule has 0 spiro atoms. The predicted molar refractivity (Wildman–Crippen MR) is 92.7 cm³/mol. The molecule has 2 heterocycles. The van der Waals surface area contributed by atoms with Crippen LogP contribution in [0.2, 0.25) is 0 Å². The fraction of sp³-hybridized carbons (Fsp3) is 0.529. The average molecular weight is 338 g/mol. The van der Waals surface area contributed by atoms with Gasteiger partial charge in [-0.1, -0.05) is 12.1 Å². The Kier molecular flexibility index (Phi) is 6.42. The number of nitrogens with zero attached hydrogens (tertiary/aromatic N) is 1. The number of benzene rings is 1. The van der Waals surface area contributed by atoms with Crippen LogP contribution in [-0.4, -0.2) is 31.4 Å². The fourth-order valence-corrected chi connectivity index (χ4v) is 3.14. The van der Waals surface area contributed by atoms with Crippen LogP contribution in [0, 0.1) is 5.92 Å². The standard InChI is InChI=1S/C17H23N3O2.ClH/c21-16(10-14-7-8-18-11-14)19-12-13-3-5-15(6-4-13)20-9-1-2-17(20)22;/h3-6,14,18H,1-2,7-12H2,(H,19,21);1H. The Hall–Kier alpha value is -1.59. The summed E-state index contributed by atoms with van der Waals surface area (Å²) < 4.78 is 0. The molecule has 1 unspecified atom stereocenters. The van der Waals surface area contributed by atoms with E-state index >= 15 is 0 Å². The van der Waals surface area contributed by atoms with Gasteiger partial charge in [-0.25, -0.2) is 0 Å². The molecule has 6 heteroatoms. The number of hydrogen-bond acceptors (Lipinski definition) is 3. The third-order valence-corrected chi connectivity index (χ3v) is 4.45. The molecule has 126 valence electrons. The zero-order valence-corrected chi connectivity index (χ0v) is 14.0. The van der Waals surface area contributed by atoms with E-state index in [2.05, 4.69) is 10.6 Å². The molecule has 2 amide bonds. The minimum Gasteiger partial charge on any atom is -0.352 e. The summed E-state index contributed by atoms with van der Waals surface area (Å²) in [6.45, 7) is 3.33. The highest BCUT2D eigenvalue weighted by molar-refractivity contribution is 5.95. The van der Waals surface area contributed by atoms with Crippen molar-refractivity contribution in [1.82, 2.24) is 10.6 Å². The van der Waals surface area contributed by atoms with Gasteiger partial charge in [0.2, 0.25) is 11.8 Å². The molecule has 2 aliphatic rings. The Labute approximate surface area is 143 Å². The predicted octanol–water partition coefficient (Wildman–Crippen LogP) is 1.85. The van der Waals surface area contributed by atoms with E-state index in [-0.39, 0.29) is 24.2 Å². The van der Waals surface area contributed by atoms with Crippen LogP contribution in [-0.2, 0) is 16.1 Å². The van der Waals surface area contributed by atoms with Crippen molar-refractivity contribution in [2.45, 2.75) is 32.2 Å². The molecular weight excluding hydrogens is 314 g/mol. The summed E-state index contributed by atoms with van der Waals surface area (Å²) in [5.41, 5.74) is 2.02. The summed E-state index contributed by atoms with van der Waals surface area (Å²) in [5, 5.41) is 6.25. The minimum absolute atomic E-state index is 0. The Balaban J connectivity index is 0.00000192. The van der Waals surface area contributed by atoms with Crippen LogP contribution in [0.4, 0.5) is 5.69 Å². The van der Waals surface area contributed by atoms with Gasteiger partial charge in [-0.3, -0.25) is 9.59 Å². The van der Waals surface area contributed by atoms with Crippen molar-refractivity contribution in [1.29, 1.82) is 0 Å². The second-order valence-electron chi connectivity index (χ2n) is 6.16. The van der Waals surface area contributed by atoms with E-state index in [4.69, 9.17) is 0 Å². The molecule has 1 atom stereocenters. The van der Waals surface area contributed by atoms with Crippen LogP contribution in [0.15, 0.2) is 24.3 Å². The van der Waals surface area contributed by atoms with Gasteiger partial charge in [0.15, 0.2) is 0 Å². The smallest absolute Gasteiger partial charge is 0.227 e. The van der Waals surface area contributed by atoms with Gasteiger partial charge in [0.25, 0.3) is 0 Å². The van der Waals surface area contributed by atoms with Gasteiger partial charge in [-0.15, -0.1) is 12.4 Å². The van der Waals surface area contributed by atoms with E-state index in [9.17, 15) is 9.59 Å². The van der Waals surface area contributed by atoms with Gasteiger partial charge in [0.05, 0.1) is 0 Å². The molecule has 23 heavy (non-hydrogen) atoms. The monoisotopic (exact) mass is 337 g/mol. The summed E-state index contributed by atoms with van der Waals surface area (Å²) in [4.78, 5) is 25.4. The maximum atomic E-state index is 11.9. The molecule has 0 radical (unpaired) electrons. The highest BCUT2D eigenvalue weighted by Gasteiger charge is 2.21. The molecule has 0 aliphatic carbocycles. The van der Waals surface area contributed by atoms with Crippen LogP contribution in [0.5, 0.6) is 0 Å². The van der Waals surface area contributed by atoms with Crippen LogP contribution in [0.25, 0.3) is 0 Å². The maximum Gasteiger partial charge on any atom is 0.227 e. The van der Waals surface area contributed by atoms with E-state index in [0.717, 1.165) is 43.7 Å². The van der Waals surface area contributed by atoms with Crippen LogP contribution in [0.1, 0.15) is 31.2 Å². The first-order valence-corrected chi connectivity index (χ1v) is 8.09. The lowest BCUT2D eigenvalue weighted by atomic mass is 10.0. The van der Waals surface area contributed by atoms with Crippen LogP contribution >= 0.6 is 12.4 Å². The molecule has 2 fully saturated rings. The van der Waals surface area contributed by atoms with Crippen molar-refractivity contribution in [3.05, 3.63) is 29.8 Å².